The van der Waals surface area contributed by atoms with Gasteiger partial charge in [0.15, 0.2) is 0 Å². The molecule has 0 atom stereocenters. The average molecular weight is 381 g/mol. The molecule has 1 aliphatic carbocycles. The fourth-order valence-electron chi connectivity index (χ4n) is 2.92. The van der Waals surface area contributed by atoms with Crippen molar-refractivity contribution in [2.24, 2.45) is 0 Å². The summed E-state index contributed by atoms with van der Waals surface area (Å²) in [5.41, 5.74) is 0.280. The Bertz CT molecular complexity index is 746. The van der Waals surface area contributed by atoms with Crippen molar-refractivity contribution in [3.8, 4) is 11.6 Å². The van der Waals surface area contributed by atoms with Crippen LogP contribution < -0.4 is 14.8 Å². The molecule has 9 heteroatoms. The van der Waals surface area contributed by atoms with Gasteiger partial charge in [0.2, 0.25) is 5.88 Å². The minimum atomic E-state index is -4.75. The Morgan fingerprint density at radius 3 is 2.37 bits per heavy atom. The number of ether oxygens (including phenoxy) is 2. The Morgan fingerprint density at radius 1 is 1.07 bits per heavy atom. The Kier molecular flexibility index (Phi) is 5.78. The highest BCUT2D eigenvalue weighted by Crippen LogP contribution is 2.24. The van der Waals surface area contributed by atoms with E-state index in [1.54, 1.807) is 18.6 Å². The SMILES string of the molecule is O=C(NC1CCC(Oc2cnccn2)CC1)c1ccc(OC(F)(F)F)cc1. The van der Waals surface area contributed by atoms with Gasteiger partial charge in [-0.25, -0.2) is 4.98 Å². The summed E-state index contributed by atoms with van der Waals surface area (Å²) in [6.45, 7) is 0. The molecule has 0 unspecified atom stereocenters. The second-order valence-electron chi connectivity index (χ2n) is 6.18. The van der Waals surface area contributed by atoms with E-state index in [4.69, 9.17) is 4.74 Å². The summed E-state index contributed by atoms with van der Waals surface area (Å²) >= 11 is 0. The average Bonchev–Trinajstić information content (AvgIpc) is 2.63. The maximum Gasteiger partial charge on any atom is 0.573 e. The molecule has 0 saturated heterocycles. The van der Waals surface area contributed by atoms with Crippen molar-refractivity contribution in [1.29, 1.82) is 0 Å². The molecule has 0 bridgehead atoms. The zero-order chi connectivity index (χ0) is 19.3. The summed E-state index contributed by atoms with van der Waals surface area (Å²) in [6.07, 6.45) is 2.97. The van der Waals surface area contributed by atoms with E-state index in [0.717, 1.165) is 37.8 Å². The lowest BCUT2D eigenvalue weighted by molar-refractivity contribution is -0.274. The van der Waals surface area contributed by atoms with E-state index in [-0.39, 0.29) is 29.4 Å². The number of hydrogen-bond acceptors (Lipinski definition) is 5. The zero-order valence-corrected chi connectivity index (χ0v) is 14.3. The van der Waals surface area contributed by atoms with Crippen LogP contribution >= 0.6 is 0 Å². The number of benzene rings is 1. The van der Waals surface area contributed by atoms with E-state index >= 15 is 0 Å². The van der Waals surface area contributed by atoms with Crippen molar-refractivity contribution >= 4 is 5.91 Å². The molecule has 1 saturated carbocycles. The third-order valence-electron chi connectivity index (χ3n) is 4.19. The number of hydrogen-bond donors (Lipinski definition) is 1. The highest BCUT2D eigenvalue weighted by atomic mass is 19.4. The topological polar surface area (TPSA) is 73.3 Å². The summed E-state index contributed by atoms with van der Waals surface area (Å²) in [4.78, 5) is 20.3. The number of halogens is 3. The molecule has 144 valence electrons. The minimum absolute atomic E-state index is 0.00897. The van der Waals surface area contributed by atoms with Crippen LogP contribution in [0.5, 0.6) is 11.6 Å². The van der Waals surface area contributed by atoms with Gasteiger partial charge in [0.1, 0.15) is 11.9 Å². The van der Waals surface area contributed by atoms with Gasteiger partial charge < -0.3 is 14.8 Å². The lowest BCUT2D eigenvalue weighted by Gasteiger charge is -2.29. The monoisotopic (exact) mass is 381 g/mol. The fourth-order valence-corrected chi connectivity index (χ4v) is 2.92. The second-order valence-corrected chi connectivity index (χ2v) is 6.18. The van der Waals surface area contributed by atoms with Crippen LogP contribution in [0.2, 0.25) is 0 Å². The number of nitrogens with zero attached hydrogens (tertiary/aromatic N) is 2. The molecule has 1 aromatic heterocycles. The van der Waals surface area contributed by atoms with Crippen LogP contribution in [0.15, 0.2) is 42.9 Å². The molecule has 0 aliphatic heterocycles. The van der Waals surface area contributed by atoms with Gasteiger partial charge in [0.05, 0.1) is 6.20 Å². The van der Waals surface area contributed by atoms with E-state index in [1.165, 1.54) is 12.1 Å². The largest absolute Gasteiger partial charge is 0.573 e. The lowest BCUT2D eigenvalue weighted by atomic mass is 9.92. The molecule has 1 fully saturated rings. The van der Waals surface area contributed by atoms with Gasteiger partial charge in [-0.2, -0.15) is 0 Å². The second kappa shape index (κ2) is 8.24. The van der Waals surface area contributed by atoms with Crippen molar-refractivity contribution in [3.05, 3.63) is 48.4 Å². The Balaban J connectivity index is 1.46. The molecule has 3 rings (SSSR count). The molecule has 1 amide bonds. The first-order valence-electron chi connectivity index (χ1n) is 8.48. The Hall–Kier alpha value is -2.84. The number of nitrogens with one attached hydrogen (secondary N) is 1. The summed E-state index contributed by atoms with van der Waals surface area (Å²) in [7, 11) is 0. The van der Waals surface area contributed by atoms with Gasteiger partial charge >= 0.3 is 6.36 Å². The predicted molar refractivity (Wildman–Crippen MR) is 89.3 cm³/mol. The summed E-state index contributed by atoms with van der Waals surface area (Å²) in [5, 5.41) is 2.90. The number of rotatable bonds is 5. The number of alkyl halides is 3. The third-order valence-corrected chi connectivity index (χ3v) is 4.19. The van der Waals surface area contributed by atoms with Gasteiger partial charge in [-0.3, -0.25) is 9.78 Å². The molecule has 1 N–H and O–H groups in total. The number of carbonyl (C=O) groups is 1. The van der Waals surface area contributed by atoms with Gasteiger partial charge in [0.25, 0.3) is 5.91 Å². The molecule has 27 heavy (non-hydrogen) atoms. The summed E-state index contributed by atoms with van der Waals surface area (Å²) < 4.78 is 46.0. The molecular formula is C18H18F3N3O3. The molecule has 1 heterocycles. The van der Waals surface area contributed by atoms with Crippen LogP contribution in [-0.4, -0.2) is 34.4 Å². The van der Waals surface area contributed by atoms with Crippen molar-refractivity contribution in [1.82, 2.24) is 15.3 Å². The van der Waals surface area contributed by atoms with Crippen molar-refractivity contribution < 1.29 is 27.4 Å². The van der Waals surface area contributed by atoms with Gasteiger partial charge in [0, 0.05) is 24.0 Å². The van der Waals surface area contributed by atoms with Crippen molar-refractivity contribution in [3.63, 3.8) is 0 Å². The molecule has 6 nitrogen and oxygen atoms in total. The van der Waals surface area contributed by atoms with Crippen LogP contribution in [0.3, 0.4) is 0 Å². The standard InChI is InChI=1S/C18H18F3N3O3/c19-18(20,21)27-15-5-1-12(2-6-15)17(25)24-13-3-7-14(8-4-13)26-16-11-22-9-10-23-16/h1-2,5-6,9-11,13-14H,3-4,7-8H2,(H,24,25). The quantitative estimate of drug-likeness (QED) is 0.858. The van der Waals surface area contributed by atoms with Crippen LogP contribution in [0, 0.1) is 0 Å². The van der Waals surface area contributed by atoms with Crippen molar-refractivity contribution in [2.75, 3.05) is 0 Å². The van der Waals surface area contributed by atoms with E-state index in [9.17, 15) is 18.0 Å². The predicted octanol–water partition coefficient (Wildman–Crippen LogP) is 3.50. The van der Waals surface area contributed by atoms with Gasteiger partial charge in [-0.15, -0.1) is 13.2 Å². The normalized spacial score (nSPS) is 20.0. The molecular weight excluding hydrogens is 363 g/mol. The summed E-state index contributed by atoms with van der Waals surface area (Å²) in [6, 6.07) is 4.84. The first-order valence-corrected chi connectivity index (χ1v) is 8.48. The smallest absolute Gasteiger partial charge is 0.473 e. The molecule has 0 radical (unpaired) electrons. The van der Waals surface area contributed by atoms with Crippen LogP contribution in [0.25, 0.3) is 0 Å². The Labute approximate surface area is 153 Å². The third kappa shape index (κ3) is 5.83. The van der Waals surface area contributed by atoms with E-state index in [2.05, 4.69) is 20.0 Å². The lowest BCUT2D eigenvalue weighted by Crippen LogP contribution is -2.39. The first kappa shape index (κ1) is 18.9. The zero-order valence-electron chi connectivity index (χ0n) is 14.3. The van der Waals surface area contributed by atoms with E-state index < -0.39 is 6.36 Å². The van der Waals surface area contributed by atoms with Crippen LogP contribution in [0.1, 0.15) is 36.0 Å². The molecule has 1 aliphatic rings. The number of amides is 1. The molecule has 0 spiro atoms. The number of carbonyl (C=O) groups excluding carboxylic acids is 1. The van der Waals surface area contributed by atoms with Crippen LogP contribution in [0.4, 0.5) is 13.2 Å². The maximum absolute atomic E-state index is 12.3. The molecule has 1 aromatic carbocycles. The van der Waals surface area contributed by atoms with Crippen molar-refractivity contribution in [2.45, 2.75) is 44.2 Å². The first-order chi connectivity index (χ1) is 12.9. The van der Waals surface area contributed by atoms with Gasteiger partial charge in [-0.05, 0) is 49.9 Å². The van der Waals surface area contributed by atoms with Gasteiger partial charge in [-0.1, -0.05) is 0 Å². The van der Waals surface area contributed by atoms with Crippen LogP contribution in [-0.2, 0) is 0 Å². The number of aromatic nitrogens is 2. The van der Waals surface area contributed by atoms with E-state index in [1.807, 2.05) is 0 Å². The highest BCUT2D eigenvalue weighted by Gasteiger charge is 2.31. The van der Waals surface area contributed by atoms with E-state index in [0.29, 0.717) is 5.88 Å². The Morgan fingerprint density at radius 2 is 1.78 bits per heavy atom. The minimum Gasteiger partial charge on any atom is -0.473 e. The highest BCUT2D eigenvalue weighted by molar-refractivity contribution is 5.94. The fraction of sp³-hybridized carbons (Fsp3) is 0.389. The summed E-state index contributed by atoms with van der Waals surface area (Å²) in [5.74, 6) is -0.210. The maximum atomic E-state index is 12.3. The molecule has 2 aromatic rings.